The highest BCUT2D eigenvalue weighted by Gasteiger charge is 1.97. The maximum absolute atomic E-state index is 3.70. The van der Waals surface area contributed by atoms with Crippen LogP contribution in [0, 0.1) is 0 Å². The minimum Gasteiger partial charge on any atom is -1.00 e. The number of unbranched alkanes of at least 4 members (excludes halogenated alkanes) is 2. The fraction of sp³-hybridized carbons (Fsp3) is 0.500. The first-order chi connectivity index (χ1) is 5.83. The van der Waals surface area contributed by atoms with Gasteiger partial charge in [-0.05, 0) is 19.3 Å². The van der Waals surface area contributed by atoms with E-state index in [1.807, 2.05) is 13.1 Å². The van der Waals surface area contributed by atoms with Crippen molar-refractivity contribution >= 4 is 0 Å². The molecule has 0 aromatic carbocycles. The van der Waals surface area contributed by atoms with Gasteiger partial charge in [0.2, 0.25) is 6.33 Å². The molecule has 0 aliphatic rings. The van der Waals surface area contributed by atoms with Gasteiger partial charge in [0.05, 0.1) is 13.6 Å². The zero-order valence-electron chi connectivity index (χ0n) is 8.12. The van der Waals surface area contributed by atoms with Crippen LogP contribution in [0.1, 0.15) is 19.3 Å². The van der Waals surface area contributed by atoms with Crippen molar-refractivity contribution in [3.8, 4) is 0 Å². The van der Waals surface area contributed by atoms with Crippen molar-refractivity contribution in [2.75, 3.05) is 0 Å². The van der Waals surface area contributed by atoms with Crippen LogP contribution in [-0.2, 0) is 13.6 Å². The van der Waals surface area contributed by atoms with E-state index < -0.39 is 0 Å². The van der Waals surface area contributed by atoms with Crippen LogP contribution in [0.2, 0.25) is 0 Å². The molecule has 0 spiro atoms. The Hall–Kier alpha value is -0.760. The normalized spacial score (nSPS) is 9.31. The van der Waals surface area contributed by atoms with Crippen LogP contribution < -0.4 is 17.0 Å². The van der Waals surface area contributed by atoms with Gasteiger partial charge >= 0.3 is 0 Å². The van der Waals surface area contributed by atoms with E-state index in [9.17, 15) is 0 Å². The summed E-state index contributed by atoms with van der Waals surface area (Å²) in [7, 11) is 2.04. The largest absolute Gasteiger partial charge is 1.00 e. The Morgan fingerprint density at radius 2 is 2.23 bits per heavy atom. The highest BCUT2D eigenvalue weighted by molar-refractivity contribution is 4.68. The van der Waals surface area contributed by atoms with Gasteiger partial charge in [-0.2, -0.15) is 0 Å². The first-order valence-corrected chi connectivity index (χ1v) is 4.45. The van der Waals surface area contributed by atoms with Crippen LogP contribution in [-0.4, -0.2) is 4.57 Å². The number of hydrogen-bond donors (Lipinski definition) is 0. The average molecular weight is 201 g/mol. The molecule has 3 heteroatoms. The number of aryl methyl sites for hydroxylation is 2. The van der Waals surface area contributed by atoms with E-state index in [4.69, 9.17) is 0 Å². The summed E-state index contributed by atoms with van der Waals surface area (Å²) < 4.78 is 4.27. The molecule has 0 bridgehead atoms. The minimum absolute atomic E-state index is 0. The van der Waals surface area contributed by atoms with E-state index in [0.717, 1.165) is 13.0 Å². The molecule has 0 aliphatic heterocycles. The summed E-state index contributed by atoms with van der Waals surface area (Å²) in [6.45, 7) is 4.82. The van der Waals surface area contributed by atoms with Crippen LogP contribution in [0.3, 0.4) is 0 Å². The predicted molar refractivity (Wildman–Crippen MR) is 49.7 cm³/mol. The molecule has 0 unspecified atom stereocenters. The van der Waals surface area contributed by atoms with Crippen LogP contribution >= 0.6 is 0 Å². The van der Waals surface area contributed by atoms with Crippen molar-refractivity contribution in [3.05, 3.63) is 31.4 Å². The zero-order chi connectivity index (χ0) is 8.81. The Kier molecular flexibility index (Phi) is 6.33. The van der Waals surface area contributed by atoms with Gasteiger partial charge in [-0.15, -0.1) is 6.58 Å². The van der Waals surface area contributed by atoms with Crippen LogP contribution in [0.15, 0.2) is 31.4 Å². The second-order valence-corrected chi connectivity index (χ2v) is 3.10. The molecule has 0 radical (unpaired) electrons. The average Bonchev–Trinajstić information content (AvgIpc) is 2.45. The van der Waals surface area contributed by atoms with Crippen molar-refractivity contribution in [3.63, 3.8) is 0 Å². The summed E-state index contributed by atoms with van der Waals surface area (Å²) in [5.41, 5.74) is 0. The van der Waals surface area contributed by atoms with Crippen molar-refractivity contribution in [2.45, 2.75) is 25.8 Å². The lowest BCUT2D eigenvalue weighted by atomic mass is 10.2. The quantitative estimate of drug-likeness (QED) is 0.317. The van der Waals surface area contributed by atoms with E-state index >= 15 is 0 Å². The van der Waals surface area contributed by atoms with Gasteiger partial charge in [-0.3, -0.25) is 0 Å². The fourth-order valence-corrected chi connectivity index (χ4v) is 1.22. The topological polar surface area (TPSA) is 8.81 Å². The number of nitrogens with zero attached hydrogens (tertiary/aromatic N) is 2. The summed E-state index contributed by atoms with van der Waals surface area (Å²) in [4.78, 5) is 0. The molecule has 74 valence electrons. The zero-order valence-corrected chi connectivity index (χ0v) is 8.87. The van der Waals surface area contributed by atoms with Crippen LogP contribution in [0.25, 0.3) is 0 Å². The molecule has 2 nitrogen and oxygen atoms in total. The van der Waals surface area contributed by atoms with Gasteiger partial charge in [0.25, 0.3) is 0 Å². The van der Waals surface area contributed by atoms with Gasteiger partial charge in [-0.25, -0.2) is 9.13 Å². The number of allylic oxidation sites excluding steroid dienone is 1. The highest BCUT2D eigenvalue weighted by Crippen LogP contribution is 1.98. The first-order valence-electron chi connectivity index (χ1n) is 4.45. The lowest BCUT2D eigenvalue weighted by Gasteiger charge is -1.94. The number of aromatic nitrogens is 2. The van der Waals surface area contributed by atoms with Crippen LogP contribution in [0.5, 0.6) is 0 Å². The summed E-state index contributed by atoms with van der Waals surface area (Å²) in [6.07, 6.45) is 11.9. The fourth-order valence-electron chi connectivity index (χ4n) is 1.22. The highest BCUT2D eigenvalue weighted by atomic mass is 35.5. The molecule has 0 aliphatic carbocycles. The third-order valence-electron chi connectivity index (χ3n) is 1.90. The van der Waals surface area contributed by atoms with Gasteiger partial charge in [0.15, 0.2) is 0 Å². The molecule has 0 fully saturated rings. The van der Waals surface area contributed by atoms with E-state index in [1.165, 1.54) is 12.8 Å². The third kappa shape index (κ3) is 4.73. The molecule has 0 amide bonds. The lowest BCUT2D eigenvalue weighted by molar-refractivity contribution is -0.671. The van der Waals surface area contributed by atoms with Crippen molar-refractivity contribution in [1.82, 2.24) is 4.57 Å². The monoisotopic (exact) mass is 200 g/mol. The number of hydrogen-bond acceptors (Lipinski definition) is 0. The Balaban J connectivity index is 0.00000144. The second kappa shape index (κ2) is 6.72. The number of imidazole rings is 1. The molecule has 1 aromatic rings. The van der Waals surface area contributed by atoms with Gasteiger partial charge in [0, 0.05) is 0 Å². The summed E-state index contributed by atoms with van der Waals surface area (Å²) >= 11 is 0. The Bertz CT molecular complexity index is 243. The molecule has 1 heterocycles. The summed E-state index contributed by atoms with van der Waals surface area (Å²) in [6, 6.07) is 0. The molecule has 13 heavy (non-hydrogen) atoms. The Labute approximate surface area is 86.3 Å². The minimum atomic E-state index is 0. The van der Waals surface area contributed by atoms with Gasteiger partial charge < -0.3 is 12.4 Å². The number of halogens is 1. The van der Waals surface area contributed by atoms with E-state index in [1.54, 1.807) is 0 Å². The van der Waals surface area contributed by atoms with Crippen molar-refractivity contribution in [1.29, 1.82) is 0 Å². The van der Waals surface area contributed by atoms with E-state index in [-0.39, 0.29) is 12.4 Å². The Morgan fingerprint density at radius 3 is 2.77 bits per heavy atom. The maximum Gasteiger partial charge on any atom is 0.243 e. The van der Waals surface area contributed by atoms with Gasteiger partial charge in [0.1, 0.15) is 12.4 Å². The lowest BCUT2D eigenvalue weighted by Crippen LogP contribution is -3.00. The summed E-state index contributed by atoms with van der Waals surface area (Å²) in [5.74, 6) is 0. The molecule has 0 saturated heterocycles. The maximum atomic E-state index is 3.70. The standard InChI is InChI=1S/C10H17N2.ClH/c1-3-4-5-6-7-12-9-8-11(2)10-12;/h3,8-10H,1,4-7H2,2H3;1H/q+1;/p-1. The molecule has 0 saturated carbocycles. The smallest absolute Gasteiger partial charge is 0.243 e. The predicted octanol–water partition coefficient (Wildman–Crippen LogP) is -1.33. The molecular weight excluding hydrogens is 184 g/mol. The molecule has 1 rings (SSSR count). The molecule has 0 atom stereocenters. The van der Waals surface area contributed by atoms with Crippen molar-refractivity contribution < 1.29 is 17.0 Å². The van der Waals surface area contributed by atoms with E-state index in [2.05, 4.69) is 34.4 Å². The van der Waals surface area contributed by atoms with Gasteiger partial charge in [-0.1, -0.05) is 6.08 Å². The number of rotatable bonds is 5. The summed E-state index contributed by atoms with van der Waals surface area (Å²) in [5, 5.41) is 0. The second-order valence-electron chi connectivity index (χ2n) is 3.10. The Morgan fingerprint density at radius 1 is 1.46 bits per heavy atom. The molecule has 1 aromatic heterocycles. The SMILES string of the molecule is C=CCCCCn1cc[n+](C)c1.[Cl-]. The van der Waals surface area contributed by atoms with E-state index in [0.29, 0.717) is 0 Å². The first kappa shape index (κ1) is 12.2. The van der Waals surface area contributed by atoms with Crippen LogP contribution in [0.4, 0.5) is 0 Å². The van der Waals surface area contributed by atoms with Crippen molar-refractivity contribution in [2.24, 2.45) is 7.05 Å². The molecule has 0 N–H and O–H groups in total. The molecular formula is C10H17ClN2. The third-order valence-corrected chi connectivity index (χ3v) is 1.90.